The molecule has 1 aromatic rings. The third kappa shape index (κ3) is 6.19. The highest BCUT2D eigenvalue weighted by molar-refractivity contribution is 5.90. The molecule has 17 heavy (non-hydrogen) atoms. The van der Waals surface area contributed by atoms with Crippen LogP contribution >= 0.6 is 12.4 Å². The van der Waals surface area contributed by atoms with E-state index in [0.717, 1.165) is 24.7 Å². The topological polar surface area (TPSA) is 41.1 Å². The first kappa shape index (κ1) is 15.8. The minimum atomic E-state index is -0.703. The summed E-state index contributed by atoms with van der Waals surface area (Å²) in [5.41, 5.74) is 0.145. The van der Waals surface area contributed by atoms with Crippen molar-refractivity contribution in [1.29, 1.82) is 0 Å². The zero-order chi connectivity index (χ0) is 12.0. The van der Waals surface area contributed by atoms with Gasteiger partial charge in [-0.2, -0.15) is 0 Å². The fourth-order valence-electron chi connectivity index (χ4n) is 1.28. The number of hydrogen-bond donors (Lipinski definition) is 2. The van der Waals surface area contributed by atoms with Gasteiger partial charge in [0.1, 0.15) is 11.6 Å². The highest BCUT2D eigenvalue weighted by Crippen LogP contribution is 2.13. The van der Waals surface area contributed by atoms with E-state index in [1.165, 1.54) is 0 Å². The second-order valence-corrected chi connectivity index (χ2v) is 3.41. The molecule has 6 heteroatoms. The van der Waals surface area contributed by atoms with Crippen LogP contribution in [0.5, 0.6) is 0 Å². The quantitative estimate of drug-likeness (QED) is 0.802. The van der Waals surface area contributed by atoms with Crippen molar-refractivity contribution >= 4 is 24.0 Å². The maximum Gasteiger partial charge on any atom is 0.224 e. The number of halogens is 3. The van der Waals surface area contributed by atoms with Crippen LogP contribution in [0.25, 0.3) is 0 Å². The number of carbonyl (C=O) groups is 1. The second kappa shape index (κ2) is 7.97. The monoisotopic (exact) mass is 264 g/mol. The first-order chi connectivity index (χ1) is 7.61. The second-order valence-electron chi connectivity index (χ2n) is 3.41. The molecule has 2 N–H and O–H groups in total. The summed E-state index contributed by atoms with van der Waals surface area (Å²) < 4.78 is 25.6. The molecule has 0 saturated carbocycles. The van der Waals surface area contributed by atoms with Gasteiger partial charge in [-0.05, 0) is 32.1 Å². The van der Waals surface area contributed by atoms with E-state index in [1.54, 1.807) is 7.05 Å². The lowest BCUT2D eigenvalue weighted by Crippen LogP contribution is -2.15. The van der Waals surface area contributed by atoms with Crippen LogP contribution in [0.3, 0.4) is 0 Å². The third-order valence-corrected chi connectivity index (χ3v) is 1.98. The first-order valence-electron chi connectivity index (χ1n) is 5.02. The Hall–Kier alpha value is -1.20. The van der Waals surface area contributed by atoms with Crippen molar-refractivity contribution in [3.05, 3.63) is 29.8 Å². The molecule has 96 valence electrons. The number of hydrogen-bond acceptors (Lipinski definition) is 2. The molecule has 0 heterocycles. The van der Waals surface area contributed by atoms with Gasteiger partial charge in [0.2, 0.25) is 5.91 Å². The molecule has 1 aromatic carbocycles. The smallest absolute Gasteiger partial charge is 0.224 e. The van der Waals surface area contributed by atoms with Gasteiger partial charge in [-0.1, -0.05) is 0 Å². The van der Waals surface area contributed by atoms with Gasteiger partial charge in [0.25, 0.3) is 0 Å². The largest absolute Gasteiger partial charge is 0.326 e. The Morgan fingerprint density at radius 2 is 1.82 bits per heavy atom. The lowest BCUT2D eigenvalue weighted by Gasteiger charge is -2.05. The van der Waals surface area contributed by atoms with Gasteiger partial charge in [-0.25, -0.2) is 8.78 Å². The molecule has 0 atom stereocenters. The third-order valence-electron chi connectivity index (χ3n) is 1.98. The van der Waals surface area contributed by atoms with Gasteiger partial charge in [0.15, 0.2) is 0 Å². The summed E-state index contributed by atoms with van der Waals surface area (Å²) in [6.07, 6.45) is 0.999. The highest BCUT2D eigenvalue weighted by Gasteiger charge is 2.04. The van der Waals surface area contributed by atoms with Crippen molar-refractivity contribution in [2.75, 3.05) is 18.9 Å². The van der Waals surface area contributed by atoms with Crippen LogP contribution in [0.2, 0.25) is 0 Å². The molecule has 0 spiro atoms. The molecule has 0 unspecified atom stereocenters. The normalized spacial score (nSPS) is 9.59. The number of anilines is 1. The summed E-state index contributed by atoms with van der Waals surface area (Å²) in [6.45, 7) is 0.727. The summed E-state index contributed by atoms with van der Waals surface area (Å²) in [4.78, 5) is 11.3. The molecular formula is C11H15ClF2N2O. The Morgan fingerprint density at radius 3 is 2.35 bits per heavy atom. The number of benzene rings is 1. The summed E-state index contributed by atoms with van der Waals surface area (Å²) in [7, 11) is 1.79. The SMILES string of the molecule is CNCCCC(=O)Nc1cc(F)cc(F)c1.Cl. The van der Waals surface area contributed by atoms with E-state index in [9.17, 15) is 13.6 Å². The zero-order valence-electron chi connectivity index (χ0n) is 9.43. The summed E-state index contributed by atoms with van der Waals surface area (Å²) in [5, 5.41) is 5.34. The Bertz CT molecular complexity index is 354. The molecule has 0 radical (unpaired) electrons. The standard InChI is InChI=1S/C11H14F2N2O.ClH/c1-14-4-2-3-11(16)15-10-6-8(12)5-9(13)7-10;/h5-7,14H,2-4H2,1H3,(H,15,16);1H. The summed E-state index contributed by atoms with van der Waals surface area (Å²) >= 11 is 0. The average molecular weight is 265 g/mol. The van der Waals surface area contributed by atoms with Crippen molar-refractivity contribution in [2.24, 2.45) is 0 Å². The van der Waals surface area contributed by atoms with Crippen LogP contribution in [0.15, 0.2) is 18.2 Å². The van der Waals surface area contributed by atoms with Gasteiger partial charge >= 0.3 is 0 Å². The number of amides is 1. The van der Waals surface area contributed by atoms with Crippen molar-refractivity contribution in [2.45, 2.75) is 12.8 Å². The lowest BCUT2D eigenvalue weighted by molar-refractivity contribution is -0.116. The molecule has 0 aliphatic rings. The zero-order valence-corrected chi connectivity index (χ0v) is 10.2. The average Bonchev–Trinajstić information content (AvgIpc) is 2.16. The van der Waals surface area contributed by atoms with E-state index in [2.05, 4.69) is 10.6 Å². The summed E-state index contributed by atoms with van der Waals surface area (Å²) in [6, 6.07) is 2.93. The predicted octanol–water partition coefficient (Wildman–Crippen LogP) is 2.32. The molecule has 0 bridgehead atoms. The molecule has 0 fully saturated rings. The fraction of sp³-hybridized carbons (Fsp3) is 0.364. The number of rotatable bonds is 5. The molecule has 0 saturated heterocycles. The van der Waals surface area contributed by atoms with Gasteiger partial charge in [0, 0.05) is 18.2 Å². The van der Waals surface area contributed by atoms with E-state index in [1.807, 2.05) is 0 Å². The van der Waals surface area contributed by atoms with Crippen LogP contribution in [0.1, 0.15) is 12.8 Å². The molecule has 1 rings (SSSR count). The Kier molecular flexibility index (Phi) is 7.41. The van der Waals surface area contributed by atoms with Crippen LogP contribution in [0, 0.1) is 11.6 Å². The van der Waals surface area contributed by atoms with E-state index < -0.39 is 11.6 Å². The van der Waals surface area contributed by atoms with Gasteiger partial charge < -0.3 is 10.6 Å². The minimum Gasteiger partial charge on any atom is -0.326 e. The van der Waals surface area contributed by atoms with Crippen molar-refractivity contribution in [1.82, 2.24) is 5.32 Å². The number of nitrogens with one attached hydrogen (secondary N) is 2. The molecule has 1 amide bonds. The highest BCUT2D eigenvalue weighted by atomic mass is 35.5. The first-order valence-corrected chi connectivity index (χ1v) is 5.02. The maximum absolute atomic E-state index is 12.8. The van der Waals surface area contributed by atoms with Gasteiger partial charge in [0.05, 0.1) is 0 Å². The van der Waals surface area contributed by atoms with Crippen LogP contribution in [-0.4, -0.2) is 19.5 Å². The molecule has 0 aliphatic carbocycles. The molecule has 3 nitrogen and oxygen atoms in total. The number of carbonyl (C=O) groups excluding carboxylic acids is 1. The van der Waals surface area contributed by atoms with E-state index >= 15 is 0 Å². The lowest BCUT2D eigenvalue weighted by atomic mass is 10.2. The molecular weight excluding hydrogens is 250 g/mol. The Balaban J connectivity index is 0.00000256. The van der Waals surface area contributed by atoms with Gasteiger partial charge in [-0.3, -0.25) is 4.79 Å². The fourth-order valence-corrected chi connectivity index (χ4v) is 1.28. The predicted molar refractivity (Wildman–Crippen MR) is 65.4 cm³/mol. The molecule has 0 aliphatic heterocycles. The van der Waals surface area contributed by atoms with Crippen LogP contribution < -0.4 is 10.6 Å². The summed E-state index contributed by atoms with van der Waals surface area (Å²) in [5.74, 6) is -1.66. The Labute approximate surface area is 105 Å². The maximum atomic E-state index is 12.8. The van der Waals surface area contributed by atoms with Crippen LogP contribution in [-0.2, 0) is 4.79 Å². The molecule has 0 aromatic heterocycles. The van der Waals surface area contributed by atoms with E-state index in [0.29, 0.717) is 12.8 Å². The van der Waals surface area contributed by atoms with Crippen molar-refractivity contribution < 1.29 is 13.6 Å². The van der Waals surface area contributed by atoms with Gasteiger partial charge in [-0.15, -0.1) is 12.4 Å². The minimum absolute atomic E-state index is 0. The van der Waals surface area contributed by atoms with E-state index in [4.69, 9.17) is 0 Å². The van der Waals surface area contributed by atoms with Crippen LogP contribution in [0.4, 0.5) is 14.5 Å². The Morgan fingerprint density at radius 1 is 1.24 bits per heavy atom. The van der Waals surface area contributed by atoms with Crippen molar-refractivity contribution in [3.63, 3.8) is 0 Å². The van der Waals surface area contributed by atoms with E-state index in [-0.39, 0.29) is 24.0 Å². The van der Waals surface area contributed by atoms with Crippen molar-refractivity contribution in [3.8, 4) is 0 Å².